The molecule has 0 fully saturated rings. The summed E-state index contributed by atoms with van der Waals surface area (Å²) in [6.45, 7) is 1.90. The van der Waals surface area contributed by atoms with Crippen molar-refractivity contribution in [2.24, 2.45) is 16.5 Å². The Hall–Kier alpha value is -3.59. The summed E-state index contributed by atoms with van der Waals surface area (Å²) < 4.78 is 14.5. The summed E-state index contributed by atoms with van der Waals surface area (Å²) in [6, 6.07) is 8.59. The number of aryl methyl sites for hydroxylation is 1. The summed E-state index contributed by atoms with van der Waals surface area (Å²) in [5.41, 5.74) is 12.4. The summed E-state index contributed by atoms with van der Waals surface area (Å²) in [4.78, 5) is 28.1. The largest absolute Gasteiger partial charge is 0.390 e. The van der Waals surface area contributed by atoms with Crippen molar-refractivity contribution in [1.82, 2.24) is 15.0 Å². The molecule has 0 aliphatic rings. The van der Waals surface area contributed by atoms with E-state index in [1.165, 1.54) is 28.9 Å². The second-order valence-electron chi connectivity index (χ2n) is 6.17. The monoisotopic (exact) mass is 414 g/mol. The minimum atomic E-state index is -0.786. The molecule has 0 radical (unpaired) electrons. The van der Waals surface area contributed by atoms with E-state index in [4.69, 9.17) is 23.1 Å². The van der Waals surface area contributed by atoms with E-state index in [0.29, 0.717) is 22.3 Å². The summed E-state index contributed by atoms with van der Waals surface area (Å²) in [5.74, 6) is -1.42. The number of carbonyl (C=O) groups excluding carboxylic acids is 2. The van der Waals surface area contributed by atoms with Gasteiger partial charge in [-0.05, 0) is 48.4 Å². The maximum atomic E-state index is 13.1. The Kier molecular flexibility index (Phi) is 5.69. The maximum absolute atomic E-state index is 13.1. The quantitative estimate of drug-likeness (QED) is 0.363. The standard InChI is InChI=1S/C19H16ClFN6O2/c1-10-6-11(8-27-19(24-9-22)16(18(23)29)25-26-27)7-14(20)15(10)17(28)12-2-4-13(21)5-3-12/h2-7,9H,8H2,1H3,(H2,22,24)(H2,23,29). The summed E-state index contributed by atoms with van der Waals surface area (Å²) >= 11 is 6.37. The number of ketones is 1. The Morgan fingerprint density at radius 3 is 2.55 bits per heavy atom. The molecule has 3 aromatic rings. The summed E-state index contributed by atoms with van der Waals surface area (Å²) in [7, 11) is 0. The number of aromatic nitrogens is 3. The summed E-state index contributed by atoms with van der Waals surface area (Å²) in [6.07, 6.45) is 1.00. The second-order valence-corrected chi connectivity index (χ2v) is 6.57. The van der Waals surface area contributed by atoms with Crippen LogP contribution in [0.25, 0.3) is 0 Å². The van der Waals surface area contributed by atoms with Gasteiger partial charge < -0.3 is 11.5 Å². The van der Waals surface area contributed by atoms with E-state index in [9.17, 15) is 14.0 Å². The predicted molar refractivity (Wildman–Crippen MR) is 106 cm³/mol. The predicted octanol–water partition coefficient (Wildman–Crippen LogP) is 2.38. The number of benzene rings is 2. The third kappa shape index (κ3) is 4.14. The van der Waals surface area contributed by atoms with E-state index in [1.807, 2.05) is 0 Å². The van der Waals surface area contributed by atoms with Gasteiger partial charge in [-0.2, -0.15) is 0 Å². The van der Waals surface area contributed by atoms with Crippen molar-refractivity contribution in [3.8, 4) is 0 Å². The van der Waals surface area contributed by atoms with Crippen LogP contribution in [0.1, 0.15) is 37.5 Å². The Morgan fingerprint density at radius 2 is 1.97 bits per heavy atom. The van der Waals surface area contributed by atoms with Crippen LogP contribution >= 0.6 is 11.6 Å². The van der Waals surface area contributed by atoms with Crippen LogP contribution in [0.2, 0.25) is 5.02 Å². The fourth-order valence-corrected chi connectivity index (χ4v) is 3.26. The molecular formula is C19H16ClFN6O2. The van der Waals surface area contributed by atoms with Crippen LogP contribution in [-0.4, -0.2) is 33.0 Å². The number of primary amides is 1. The van der Waals surface area contributed by atoms with E-state index >= 15 is 0 Å². The fourth-order valence-electron chi connectivity index (χ4n) is 2.88. The van der Waals surface area contributed by atoms with Gasteiger partial charge in [0.25, 0.3) is 5.91 Å². The Morgan fingerprint density at radius 1 is 1.28 bits per heavy atom. The average Bonchev–Trinajstić information content (AvgIpc) is 3.04. The van der Waals surface area contributed by atoms with Crippen LogP contribution in [-0.2, 0) is 6.54 Å². The Bertz CT molecular complexity index is 1100. The molecule has 29 heavy (non-hydrogen) atoms. The molecule has 148 valence electrons. The minimum absolute atomic E-state index is 0.111. The molecule has 3 rings (SSSR count). The van der Waals surface area contributed by atoms with Crippen molar-refractivity contribution in [1.29, 1.82) is 0 Å². The molecule has 0 atom stereocenters. The molecule has 0 bridgehead atoms. The number of rotatable bonds is 6. The van der Waals surface area contributed by atoms with Gasteiger partial charge in [0.05, 0.1) is 17.9 Å². The molecule has 0 saturated heterocycles. The molecule has 4 N–H and O–H groups in total. The van der Waals surface area contributed by atoms with Crippen molar-refractivity contribution in [2.45, 2.75) is 13.5 Å². The lowest BCUT2D eigenvalue weighted by molar-refractivity contribution is 0.0994. The molecule has 1 aromatic heterocycles. The first-order valence-corrected chi connectivity index (χ1v) is 8.76. The number of carbonyl (C=O) groups is 2. The van der Waals surface area contributed by atoms with Crippen LogP contribution < -0.4 is 11.5 Å². The number of halogens is 2. The summed E-state index contributed by atoms with van der Waals surface area (Å²) in [5, 5.41) is 7.82. The maximum Gasteiger partial charge on any atom is 0.273 e. The van der Waals surface area contributed by atoms with Gasteiger partial charge >= 0.3 is 0 Å². The lowest BCUT2D eigenvalue weighted by Gasteiger charge is -2.11. The first-order chi connectivity index (χ1) is 13.8. The molecule has 10 heteroatoms. The molecule has 1 amide bonds. The minimum Gasteiger partial charge on any atom is -0.390 e. The normalized spacial score (nSPS) is 11.1. The van der Waals surface area contributed by atoms with Crippen molar-refractivity contribution >= 4 is 35.4 Å². The SMILES string of the molecule is Cc1cc(Cn2nnc(C(N)=O)c2N=CN)cc(Cl)c1C(=O)c1ccc(F)cc1. The van der Waals surface area contributed by atoms with Gasteiger partial charge in [0.2, 0.25) is 0 Å². The number of nitrogens with zero attached hydrogens (tertiary/aromatic N) is 4. The van der Waals surface area contributed by atoms with Crippen LogP contribution in [0.3, 0.4) is 0 Å². The van der Waals surface area contributed by atoms with Crippen LogP contribution in [0.15, 0.2) is 41.4 Å². The smallest absolute Gasteiger partial charge is 0.273 e. The number of amides is 1. The molecule has 1 heterocycles. The van der Waals surface area contributed by atoms with Gasteiger partial charge in [-0.15, -0.1) is 5.10 Å². The van der Waals surface area contributed by atoms with Crippen molar-refractivity contribution in [2.75, 3.05) is 0 Å². The molecule has 0 unspecified atom stereocenters. The highest BCUT2D eigenvalue weighted by Crippen LogP contribution is 2.27. The number of aliphatic imine (C=N–C) groups is 1. The second kappa shape index (κ2) is 8.19. The van der Waals surface area contributed by atoms with E-state index in [2.05, 4.69) is 15.3 Å². The van der Waals surface area contributed by atoms with Gasteiger partial charge in [0, 0.05) is 11.1 Å². The van der Waals surface area contributed by atoms with Crippen molar-refractivity contribution < 1.29 is 14.0 Å². The van der Waals surface area contributed by atoms with Gasteiger partial charge in [-0.3, -0.25) is 9.59 Å². The van der Waals surface area contributed by atoms with E-state index < -0.39 is 11.7 Å². The highest BCUT2D eigenvalue weighted by atomic mass is 35.5. The topological polar surface area (TPSA) is 129 Å². The lowest BCUT2D eigenvalue weighted by atomic mass is 9.97. The van der Waals surface area contributed by atoms with Crippen LogP contribution in [0, 0.1) is 12.7 Å². The van der Waals surface area contributed by atoms with E-state index in [1.54, 1.807) is 19.1 Å². The average molecular weight is 415 g/mol. The molecule has 0 aliphatic heterocycles. The van der Waals surface area contributed by atoms with Gasteiger partial charge in [0.15, 0.2) is 17.3 Å². The van der Waals surface area contributed by atoms with Crippen LogP contribution in [0.5, 0.6) is 0 Å². The lowest BCUT2D eigenvalue weighted by Crippen LogP contribution is -2.12. The molecule has 8 nitrogen and oxygen atoms in total. The third-order valence-electron chi connectivity index (χ3n) is 4.15. The Balaban J connectivity index is 1.95. The number of hydrogen-bond donors (Lipinski definition) is 2. The zero-order valence-electron chi connectivity index (χ0n) is 15.3. The molecule has 0 aliphatic carbocycles. The highest BCUT2D eigenvalue weighted by Gasteiger charge is 2.20. The zero-order valence-corrected chi connectivity index (χ0v) is 16.0. The van der Waals surface area contributed by atoms with E-state index in [0.717, 1.165) is 6.34 Å². The number of nitrogens with two attached hydrogens (primary N) is 2. The van der Waals surface area contributed by atoms with Crippen molar-refractivity contribution in [3.05, 3.63) is 75.2 Å². The highest BCUT2D eigenvalue weighted by molar-refractivity contribution is 6.35. The zero-order chi connectivity index (χ0) is 21.1. The molecule has 2 aromatic carbocycles. The van der Waals surface area contributed by atoms with Gasteiger partial charge in [-0.1, -0.05) is 22.9 Å². The van der Waals surface area contributed by atoms with Crippen molar-refractivity contribution in [3.63, 3.8) is 0 Å². The van der Waals surface area contributed by atoms with E-state index in [-0.39, 0.29) is 28.9 Å². The first-order valence-electron chi connectivity index (χ1n) is 8.38. The van der Waals surface area contributed by atoms with Crippen LogP contribution in [0.4, 0.5) is 10.2 Å². The molecular weight excluding hydrogens is 399 g/mol. The third-order valence-corrected chi connectivity index (χ3v) is 4.45. The number of hydrogen-bond acceptors (Lipinski definition) is 5. The van der Waals surface area contributed by atoms with Gasteiger partial charge in [0.1, 0.15) is 5.82 Å². The Labute approximate surface area is 170 Å². The van der Waals surface area contributed by atoms with Gasteiger partial charge in [-0.25, -0.2) is 14.1 Å². The molecule has 0 spiro atoms. The fraction of sp³-hybridized carbons (Fsp3) is 0.105. The first kappa shape index (κ1) is 20.2. The molecule has 0 saturated carbocycles.